The molecule has 6 rings (SSSR count). The molecule has 0 spiro atoms. The molecule has 1 atom stereocenters. The third-order valence-electron chi connectivity index (χ3n) is 7.71. The summed E-state index contributed by atoms with van der Waals surface area (Å²) in [7, 11) is 1.84. The summed E-state index contributed by atoms with van der Waals surface area (Å²) >= 11 is 0. The first-order chi connectivity index (χ1) is 17.5. The van der Waals surface area contributed by atoms with E-state index in [1.54, 1.807) is 4.68 Å². The molecule has 3 aromatic rings. The Kier molecular flexibility index (Phi) is 6.39. The number of anilines is 1. The summed E-state index contributed by atoms with van der Waals surface area (Å²) in [5, 5.41) is 5.58. The van der Waals surface area contributed by atoms with Gasteiger partial charge in [0, 0.05) is 50.8 Å². The quantitative estimate of drug-likeness (QED) is 0.528. The number of morpholine rings is 1. The van der Waals surface area contributed by atoms with E-state index in [9.17, 15) is 4.79 Å². The number of aryl methyl sites for hydroxylation is 4. The lowest BCUT2D eigenvalue weighted by Crippen LogP contribution is -2.40. The van der Waals surface area contributed by atoms with E-state index in [0.717, 1.165) is 73.4 Å². The zero-order valence-electron chi connectivity index (χ0n) is 21.3. The number of hydrogen-bond acceptors (Lipinski definition) is 6. The molecule has 1 unspecified atom stereocenters. The molecule has 190 valence electrons. The van der Waals surface area contributed by atoms with Gasteiger partial charge in [0.2, 0.25) is 0 Å². The van der Waals surface area contributed by atoms with E-state index < -0.39 is 0 Å². The molecule has 0 saturated carbocycles. The Labute approximate surface area is 212 Å². The van der Waals surface area contributed by atoms with Gasteiger partial charge in [-0.1, -0.05) is 0 Å². The largest absolute Gasteiger partial charge is 0.378 e. The zero-order chi connectivity index (χ0) is 24.6. The molecule has 0 radical (unpaired) electrons. The second kappa shape index (κ2) is 9.82. The first-order valence-electron chi connectivity index (χ1n) is 13.2. The first kappa shape index (κ1) is 23.4. The molecule has 2 aliphatic heterocycles. The number of rotatable bonds is 6. The average molecular weight is 490 g/mol. The number of carbonyl (C=O) groups excluding carboxylic acids is 1. The summed E-state index contributed by atoms with van der Waals surface area (Å²) in [6.07, 6.45) is 5.56. The Balaban J connectivity index is 1.40. The number of ether oxygens (including phenoxy) is 2. The van der Waals surface area contributed by atoms with Gasteiger partial charge in [-0.3, -0.25) is 9.48 Å². The maximum Gasteiger partial charge on any atom is 0.272 e. The molecule has 0 N–H and O–H groups in total. The van der Waals surface area contributed by atoms with Crippen LogP contribution in [0.1, 0.15) is 52.1 Å². The lowest BCUT2D eigenvalue weighted by Gasteiger charge is -2.32. The van der Waals surface area contributed by atoms with Crippen molar-refractivity contribution in [2.24, 2.45) is 7.05 Å². The molecule has 8 heteroatoms. The second-order valence-corrected chi connectivity index (χ2v) is 10.4. The topological polar surface area (TPSA) is 72.7 Å². The van der Waals surface area contributed by atoms with Crippen LogP contribution in [0.25, 0.3) is 10.9 Å². The smallest absolute Gasteiger partial charge is 0.272 e. The molecule has 2 fully saturated rings. The monoisotopic (exact) mass is 489 g/mol. The molecule has 1 amide bonds. The van der Waals surface area contributed by atoms with Crippen molar-refractivity contribution in [2.75, 3.05) is 44.4 Å². The highest BCUT2D eigenvalue weighted by molar-refractivity contribution is 5.93. The van der Waals surface area contributed by atoms with Crippen LogP contribution in [0.15, 0.2) is 24.3 Å². The van der Waals surface area contributed by atoms with Gasteiger partial charge >= 0.3 is 0 Å². The van der Waals surface area contributed by atoms with Gasteiger partial charge in [0.1, 0.15) is 11.5 Å². The molecule has 1 aromatic carbocycles. The van der Waals surface area contributed by atoms with E-state index in [1.807, 2.05) is 24.9 Å². The standard InChI is InChI=1S/C28H35N5O3/c1-19-13-26(31(2)30-19)28(34)33(18-24-7-4-10-36-24)17-23-15-22-14-20-5-3-6-21(20)16-25(22)29-27(23)32-8-11-35-12-9-32/h13-16,24H,3-12,17-18H2,1-2H3. The number of nitrogens with zero attached hydrogens (tertiary/aromatic N) is 5. The highest BCUT2D eigenvalue weighted by Gasteiger charge is 2.28. The molecule has 36 heavy (non-hydrogen) atoms. The lowest BCUT2D eigenvalue weighted by atomic mass is 10.0. The predicted molar refractivity (Wildman–Crippen MR) is 138 cm³/mol. The second-order valence-electron chi connectivity index (χ2n) is 10.4. The summed E-state index contributed by atoms with van der Waals surface area (Å²) in [5.41, 5.74) is 6.43. The van der Waals surface area contributed by atoms with E-state index in [4.69, 9.17) is 14.5 Å². The van der Waals surface area contributed by atoms with Crippen LogP contribution in [0.2, 0.25) is 0 Å². The van der Waals surface area contributed by atoms with Crippen LogP contribution in [0.3, 0.4) is 0 Å². The van der Waals surface area contributed by atoms with E-state index in [2.05, 4.69) is 28.2 Å². The van der Waals surface area contributed by atoms with Crippen molar-refractivity contribution in [3.05, 3.63) is 52.3 Å². The minimum absolute atomic E-state index is 0.0180. The molecular weight excluding hydrogens is 454 g/mol. The van der Waals surface area contributed by atoms with Gasteiger partial charge < -0.3 is 19.3 Å². The van der Waals surface area contributed by atoms with Crippen LogP contribution in [-0.2, 0) is 35.9 Å². The summed E-state index contributed by atoms with van der Waals surface area (Å²) in [6, 6.07) is 8.72. The molecule has 8 nitrogen and oxygen atoms in total. The fourth-order valence-corrected chi connectivity index (χ4v) is 5.88. The maximum atomic E-state index is 13.8. The summed E-state index contributed by atoms with van der Waals surface area (Å²) in [6.45, 7) is 6.71. The number of aromatic nitrogens is 3. The fourth-order valence-electron chi connectivity index (χ4n) is 5.88. The lowest BCUT2D eigenvalue weighted by molar-refractivity contribution is 0.0499. The van der Waals surface area contributed by atoms with Crippen LogP contribution < -0.4 is 4.90 Å². The summed E-state index contributed by atoms with van der Waals surface area (Å²) in [4.78, 5) is 23.3. The van der Waals surface area contributed by atoms with Crippen molar-refractivity contribution in [1.29, 1.82) is 0 Å². The van der Waals surface area contributed by atoms with Crippen molar-refractivity contribution in [2.45, 2.75) is 51.7 Å². The van der Waals surface area contributed by atoms with Crippen molar-refractivity contribution in [3.8, 4) is 0 Å². The Bertz CT molecular complexity index is 1270. The Morgan fingerprint density at radius 3 is 2.61 bits per heavy atom. The molecule has 2 aromatic heterocycles. The number of hydrogen-bond donors (Lipinski definition) is 0. The van der Waals surface area contributed by atoms with Gasteiger partial charge in [-0.15, -0.1) is 0 Å². The van der Waals surface area contributed by atoms with Crippen molar-refractivity contribution < 1.29 is 14.3 Å². The van der Waals surface area contributed by atoms with E-state index >= 15 is 0 Å². The zero-order valence-corrected chi connectivity index (χ0v) is 21.3. The van der Waals surface area contributed by atoms with E-state index in [1.165, 1.54) is 17.5 Å². The highest BCUT2D eigenvalue weighted by Crippen LogP contribution is 2.31. The molecule has 3 aliphatic rings. The Hall–Kier alpha value is -2.97. The van der Waals surface area contributed by atoms with Crippen LogP contribution in [-0.4, -0.2) is 71.1 Å². The average Bonchev–Trinajstić information content (AvgIpc) is 3.63. The van der Waals surface area contributed by atoms with Crippen LogP contribution in [0.4, 0.5) is 5.82 Å². The van der Waals surface area contributed by atoms with Gasteiger partial charge in [-0.25, -0.2) is 4.98 Å². The SMILES string of the molecule is Cc1cc(C(=O)N(Cc2cc3cc4c(cc3nc2N2CCOCC2)CCC4)CC2CCCO2)n(C)n1. The van der Waals surface area contributed by atoms with Gasteiger partial charge in [0.15, 0.2) is 0 Å². The van der Waals surface area contributed by atoms with Crippen molar-refractivity contribution >= 4 is 22.6 Å². The summed E-state index contributed by atoms with van der Waals surface area (Å²) in [5.74, 6) is 0.950. The van der Waals surface area contributed by atoms with Crippen molar-refractivity contribution in [3.63, 3.8) is 0 Å². The molecule has 0 bridgehead atoms. The molecular formula is C28H35N5O3. The highest BCUT2D eigenvalue weighted by atomic mass is 16.5. The van der Waals surface area contributed by atoms with E-state index in [0.29, 0.717) is 32.0 Å². The van der Waals surface area contributed by atoms with Crippen molar-refractivity contribution in [1.82, 2.24) is 19.7 Å². The minimum atomic E-state index is -0.0180. The van der Waals surface area contributed by atoms with Crippen LogP contribution in [0.5, 0.6) is 0 Å². The number of benzene rings is 1. The Morgan fingerprint density at radius 1 is 1.08 bits per heavy atom. The first-order valence-corrected chi connectivity index (χ1v) is 13.2. The van der Waals surface area contributed by atoms with Gasteiger partial charge in [0.05, 0.1) is 30.5 Å². The van der Waals surface area contributed by atoms with Gasteiger partial charge in [-0.2, -0.15) is 5.10 Å². The van der Waals surface area contributed by atoms with Crippen LogP contribution in [0, 0.1) is 6.92 Å². The van der Waals surface area contributed by atoms with E-state index in [-0.39, 0.29) is 12.0 Å². The molecule has 4 heterocycles. The minimum Gasteiger partial charge on any atom is -0.378 e. The number of amides is 1. The Morgan fingerprint density at radius 2 is 1.89 bits per heavy atom. The third-order valence-corrected chi connectivity index (χ3v) is 7.71. The fraction of sp³-hybridized carbons (Fsp3) is 0.536. The maximum absolute atomic E-state index is 13.8. The van der Waals surface area contributed by atoms with Gasteiger partial charge in [-0.05, 0) is 74.4 Å². The number of carbonyl (C=O) groups is 1. The van der Waals surface area contributed by atoms with Gasteiger partial charge in [0.25, 0.3) is 5.91 Å². The molecule has 2 saturated heterocycles. The number of pyridine rings is 1. The molecule has 1 aliphatic carbocycles. The predicted octanol–water partition coefficient (Wildman–Crippen LogP) is 3.42. The van der Waals surface area contributed by atoms with Crippen LogP contribution >= 0.6 is 0 Å². The summed E-state index contributed by atoms with van der Waals surface area (Å²) < 4.78 is 13.3. The third kappa shape index (κ3) is 4.60. The normalized spacial score (nSPS) is 19.7. The number of fused-ring (bicyclic) bond motifs is 2.